The van der Waals surface area contributed by atoms with Gasteiger partial charge < -0.3 is 18.9 Å². The largest absolute Gasteiger partial charge is 0.496 e. The molecule has 1 saturated carbocycles. The molecule has 0 heterocycles. The van der Waals surface area contributed by atoms with Gasteiger partial charge in [0.15, 0.2) is 6.10 Å². The Balaban J connectivity index is 2.13. The van der Waals surface area contributed by atoms with Crippen LogP contribution in [-0.2, 0) is 28.6 Å². The second kappa shape index (κ2) is 10.1. The predicted molar refractivity (Wildman–Crippen MR) is 110 cm³/mol. The molecule has 1 aromatic rings. The average molecular weight is 438 g/mol. The first-order valence-corrected chi connectivity index (χ1v) is 10.4. The van der Waals surface area contributed by atoms with E-state index in [1.807, 2.05) is 0 Å². The van der Waals surface area contributed by atoms with Crippen molar-refractivity contribution in [3.8, 4) is 5.75 Å². The van der Waals surface area contributed by atoms with E-state index in [0.29, 0.717) is 5.56 Å². The van der Waals surface area contributed by atoms with Gasteiger partial charge in [-0.05, 0) is 52.7 Å². The summed E-state index contributed by atoms with van der Waals surface area (Å²) in [6, 6.07) is 3.83. The van der Waals surface area contributed by atoms with E-state index in [0.717, 1.165) is 12.8 Å². The molecule has 2 rings (SSSR count). The van der Waals surface area contributed by atoms with Gasteiger partial charge in [0.2, 0.25) is 0 Å². The molecular weight excluding hydrogens is 407 g/mol. The Morgan fingerprint density at radius 2 is 1.77 bits per heavy atom. The average Bonchev–Trinajstić information content (AvgIpc) is 3.49. The highest BCUT2D eigenvalue weighted by atomic mass is 19.1. The number of rotatable bonds is 9. The lowest BCUT2D eigenvalue weighted by atomic mass is 10.0. The van der Waals surface area contributed by atoms with Crippen LogP contribution >= 0.6 is 0 Å². The van der Waals surface area contributed by atoms with Gasteiger partial charge in [-0.2, -0.15) is 0 Å². The molecule has 8 heteroatoms. The van der Waals surface area contributed by atoms with E-state index < -0.39 is 47.5 Å². The second-order valence-electron chi connectivity index (χ2n) is 8.85. The maximum atomic E-state index is 13.6. The lowest BCUT2D eigenvalue weighted by molar-refractivity contribution is -0.172. The minimum Gasteiger partial charge on any atom is -0.496 e. The van der Waals surface area contributed by atoms with Crippen LogP contribution in [-0.4, -0.2) is 36.7 Å². The fourth-order valence-corrected chi connectivity index (χ4v) is 2.95. The van der Waals surface area contributed by atoms with Gasteiger partial charge in [0.1, 0.15) is 23.3 Å². The zero-order valence-electron chi connectivity index (χ0n) is 18.9. The summed E-state index contributed by atoms with van der Waals surface area (Å²) in [5.74, 6) is -2.81. The van der Waals surface area contributed by atoms with Gasteiger partial charge in [0.05, 0.1) is 25.4 Å². The molecule has 0 saturated heterocycles. The van der Waals surface area contributed by atoms with Crippen molar-refractivity contribution in [2.75, 3.05) is 7.11 Å². The smallest absolute Gasteiger partial charge is 0.309 e. The van der Waals surface area contributed by atoms with Crippen LogP contribution in [0.1, 0.15) is 65.5 Å². The van der Waals surface area contributed by atoms with Crippen molar-refractivity contribution < 1.29 is 37.7 Å². The van der Waals surface area contributed by atoms with Crippen LogP contribution in [0.5, 0.6) is 5.75 Å². The molecule has 0 aliphatic heterocycles. The van der Waals surface area contributed by atoms with Crippen molar-refractivity contribution in [3.05, 3.63) is 29.6 Å². The quantitative estimate of drug-likeness (QED) is 0.423. The Morgan fingerprint density at radius 3 is 2.32 bits per heavy atom. The van der Waals surface area contributed by atoms with Crippen LogP contribution in [0.2, 0.25) is 0 Å². The molecule has 0 radical (unpaired) electrons. The van der Waals surface area contributed by atoms with Gasteiger partial charge in [-0.1, -0.05) is 6.92 Å². The maximum absolute atomic E-state index is 13.6. The van der Waals surface area contributed by atoms with Gasteiger partial charge in [-0.25, -0.2) is 4.39 Å². The van der Waals surface area contributed by atoms with E-state index in [2.05, 4.69) is 0 Å². The van der Waals surface area contributed by atoms with Crippen LogP contribution in [0.15, 0.2) is 18.2 Å². The Bertz CT molecular complexity index is 811. The topological polar surface area (TPSA) is 88.1 Å². The van der Waals surface area contributed by atoms with Crippen molar-refractivity contribution >= 4 is 17.9 Å². The standard InChI is InChI=1S/C23H31FO7/c1-13(11-19(25)31-23(3,4)5)21(26)29-14(2)20(30-22(27)15-7-8-15)17-10-9-16(24)12-18(17)28-6/h9-10,12-15,20H,7-8,11H2,1-6H3/t13-,14+,20+/m1/s1. The first kappa shape index (κ1) is 24.6. The van der Waals surface area contributed by atoms with E-state index in [1.54, 1.807) is 34.6 Å². The molecule has 1 aliphatic rings. The number of esters is 3. The van der Waals surface area contributed by atoms with Crippen LogP contribution in [0.4, 0.5) is 4.39 Å². The summed E-state index contributed by atoms with van der Waals surface area (Å²) in [6.45, 7) is 8.36. The first-order valence-electron chi connectivity index (χ1n) is 10.4. The third-order valence-electron chi connectivity index (χ3n) is 4.68. The third-order valence-corrected chi connectivity index (χ3v) is 4.68. The molecule has 0 unspecified atom stereocenters. The van der Waals surface area contributed by atoms with Gasteiger partial charge >= 0.3 is 17.9 Å². The summed E-state index contributed by atoms with van der Waals surface area (Å²) in [7, 11) is 1.37. The number of carbonyl (C=O) groups is 3. The van der Waals surface area contributed by atoms with E-state index in [4.69, 9.17) is 18.9 Å². The van der Waals surface area contributed by atoms with E-state index in [9.17, 15) is 18.8 Å². The Labute approximate surface area is 182 Å². The van der Waals surface area contributed by atoms with Gasteiger partial charge in [-0.3, -0.25) is 14.4 Å². The number of ether oxygens (including phenoxy) is 4. The molecule has 1 aromatic carbocycles. The van der Waals surface area contributed by atoms with Crippen LogP contribution in [0, 0.1) is 17.7 Å². The number of carbonyl (C=O) groups excluding carboxylic acids is 3. The fraction of sp³-hybridized carbons (Fsp3) is 0.609. The minimum absolute atomic E-state index is 0.144. The Morgan fingerprint density at radius 1 is 1.13 bits per heavy atom. The molecular formula is C23H31FO7. The lowest BCUT2D eigenvalue weighted by Gasteiger charge is -2.27. The Hall–Kier alpha value is -2.64. The SMILES string of the molecule is COc1cc(F)ccc1[C@@H](OC(=O)C1CC1)[C@H](C)OC(=O)[C@H](C)CC(=O)OC(C)(C)C. The van der Waals surface area contributed by atoms with E-state index in [-0.39, 0.29) is 18.1 Å². The minimum atomic E-state index is -0.985. The highest BCUT2D eigenvalue weighted by Crippen LogP contribution is 2.37. The number of benzene rings is 1. The van der Waals surface area contributed by atoms with Gasteiger partial charge in [0.25, 0.3) is 0 Å². The van der Waals surface area contributed by atoms with E-state index >= 15 is 0 Å². The molecule has 31 heavy (non-hydrogen) atoms. The van der Waals surface area contributed by atoms with Gasteiger partial charge in [0, 0.05) is 11.6 Å². The molecule has 7 nitrogen and oxygen atoms in total. The monoisotopic (exact) mass is 438 g/mol. The van der Waals surface area contributed by atoms with Gasteiger partial charge in [-0.15, -0.1) is 0 Å². The third kappa shape index (κ3) is 7.52. The van der Waals surface area contributed by atoms with Crippen LogP contribution in [0.3, 0.4) is 0 Å². The van der Waals surface area contributed by atoms with Crippen molar-refractivity contribution in [1.29, 1.82) is 0 Å². The molecule has 0 N–H and O–H groups in total. The van der Waals surface area contributed by atoms with Crippen molar-refractivity contribution in [2.24, 2.45) is 11.8 Å². The molecule has 1 fully saturated rings. The van der Waals surface area contributed by atoms with Crippen molar-refractivity contribution in [3.63, 3.8) is 0 Å². The fourth-order valence-electron chi connectivity index (χ4n) is 2.95. The van der Waals surface area contributed by atoms with Crippen LogP contribution in [0.25, 0.3) is 0 Å². The number of halogens is 1. The molecule has 0 spiro atoms. The molecule has 0 amide bonds. The number of hydrogen-bond acceptors (Lipinski definition) is 7. The normalized spacial score (nSPS) is 16.6. The molecule has 3 atom stereocenters. The zero-order valence-corrected chi connectivity index (χ0v) is 18.9. The molecule has 172 valence electrons. The van der Waals surface area contributed by atoms with Crippen molar-refractivity contribution in [2.45, 2.75) is 71.7 Å². The summed E-state index contributed by atoms with van der Waals surface area (Å²) >= 11 is 0. The second-order valence-corrected chi connectivity index (χ2v) is 8.85. The maximum Gasteiger partial charge on any atom is 0.309 e. The van der Waals surface area contributed by atoms with Crippen molar-refractivity contribution in [1.82, 2.24) is 0 Å². The summed E-state index contributed by atoms with van der Waals surface area (Å²) in [4.78, 5) is 36.9. The van der Waals surface area contributed by atoms with E-state index in [1.165, 1.54) is 25.3 Å². The highest BCUT2D eigenvalue weighted by molar-refractivity contribution is 5.80. The first-order chi connectivity index (χ1) is 14.4. The highest BCUT2D eigenvalue weighted by Gasteiger charge is 2.37. The van der Waals surface area contributed by atoms with Crippen LogP contribution < -0.4 is 4.74 Å². The summed E-state index contributed by atoms with van der Waals surface area (Å²) < 4.78 is 35.2. The summed E-state index contributed by atoms with van der Waals surface area (Å²) in [5.41, 5.74) is -0.270. The molecule has 0 bridgehead atoms. The molecule has 1 aliphatic carbocycles. The Kier molecular flexibility index (Phi) is 8.03. The zero-order chi connectivity index (χ0) is 23.3. The summed E-state index contributed by atoms with van der Waals surface area (Å²) in [6.07, 6.45) is -0.535. The number of hydrogen-bond donors (Lipinski definition) is 0. The number of methoxy groups -OCH3 is 1. The summed E-state index contributed by atoms with van der Waals surface area (Å²) in [5, 5.41) is 0. The lowest BCUT2D eigenvalue weighted by Crippen LogP contribution is -2.31. The predicted octanol–water partition coefficient (Wildman–Crippen LogP) is 4.13. The molecule has 0 aromatic heterocycles.